The Bertz CT molecular complexity index is 975. The van der Waals surface area contributed by atoms with Gasteiger partial charge >= 0.3 is 0 Å². The van der Waals surface area contributed by atoms with Gasteiger partial charge in [-0.3, -0.25) is 9.59 Å². The summed E-state index contributed by atoms with van der Waals surface area (Å²) in [7, 11) is 0. The molecule has 1 atom stereocenters. The van der Waals surface area contributed by atoms with Crippen molar-refractivity contribution in [2.75, 3.05) is 5.32 Å². The second-order valence-electron chi connectivity index (χ2n) is 5.51. The Morgan fingerprint density at radius 1 is 1.29 bits per heavy atom. The minimum Gasteiger partial charge on any atom is -0.508 e. The van der Waals surface area contributed by atoms with Crippen LogP contribution < -0.4 is 10.9 Å². The van der Waals surface area contributed by atoms with Gasteiger partial charge in [-0.25, -0.2) is 0 Å². The van der Waals surface area contributed by atoms with Crippen molar-refractivity contribution in [1.29, 1.82) is 0 Å². The average Bonchev–Trinajstić information content (AvgIpc) is 2.85. The number of carbonyl (C=O) groups is 1. The van der Waals surface area contributed by atoms with Gasteiger partial charge < -0.3 is 10.4 Å². The second kappa shape index (κ2) is 6.04. The number of fused-ring (bicyclic) bond motifs is 1. The van der Waals surface area contributed by atoms with Crippen molar-refractivity contribution in [2.45, 2.75) is 26.8 Å². The van der Waals surface area contributed by atoms with Crippen LogP contribution in [-0.4, -0.2) is 26.0 Å². The summed E-state index contributed by atoms with van der Waals surface area (Å²) in [6.07, 6.45) is 0. The zero-order chi connectivity index (χ0) is 17.4. The Morgan fingerprint density at radius 2 is 1.96 bits per heavy atom. The number of phenols is 1. The fourth-order valence-electron chi connectivity index (χ4n) is 2.33. The number of amides is 1. The molecule has 0 fully saturated rings. The van der Waals surface area contributed by atoms with Crippen LogP contribution in [0.15, 0.2) is 29.1 Å². The standard InChI is InChI=1S/C16H16N4O3S/c1-8-10(3)24-15-13(8)16(23)20(19-18-15)9(2)14(22)17-11-4-6-12(21)7-5-11/h4-7,9,21H,1-3H3,(H,17,22). The van der Waals surface area contributed by atoms with Crippen LogP contribution >= 0.6 is 11.3 Å². The number of rotatable bonds is 3. The smallest absolute Gasteiger partial charge is 0.279 e. The van der Waals surface area contributed by atoms with Gasteiger partial charge in [-0.05, 0) is 50.6 Å². The van der Waals surface area contributed by atoms with E-state index in [-0.39, 0.29) is 17.2 Å². The third-order valence-electron chi connectivity index (χ3n) is 3.90. The number of carbonyl (C=O) groups excluding carboxylic acids is 1. The number of nitrogens with zero attached hydrogens (tertiary/aromatic N) is 3. The summed E-state index contributed by atoms with van der Waals surface area (Å²) in [6.45, 7) is 5.38. The fourth-order valence-corrected chi connectivity index (χ4v) is 3.30. The van der Waals surface area contributed by atoms with Crippen molar-refractivity contribution >= 4 is 33.1 Å². The van der Waals surface area contributed by atoms with Gasteiger partial charge in [0.2, 0.25) is 5.91 Å². The molecule has 124 valence electrons. The number of hydrogen-bond acceptors (Lipinski definition) is 6. The molecule has 0 saturated carbocycles. The van der Waals surface area contributed by atoms with Gasteiger partial charge in [-0.15, -0.1) is 16.4 Å². The Balaban J connectivity index is 1.93. The highest BCUT2D eigenvalue weighted by atomic mass is 32.1. The molecule has 0 bridgehead atoms. The molecule has 3 rings (SSSR count). The monoisotopic (exact) mass is 344 g/mol. The van der Waals surface area contributed by atoms with Crippen molar-refractivity contribution < 1.29 is 9.90 Å². The second-order valence-corrected chi connectivity index (χ2v) is 6.72. The van der Waals surface area contributed by atoms with Crippen LogP contribution in [0.25, 0.3) is 10.2 Å². The molecule has 0 saturated heterocycles. The molecule has 0 aliphatic rings. The molecular weight excluding hydrogens is 328 g/mol. The van der Waals surface area contributed by atoms with E-state index in [1.165, 1.54) is 23.5 Å². The Morgan fingerprint density at radius 3 is 2.62 bits per heavy atom. The van der Waals surface area contributed by atoms with Gasteiger partial charge in [0.25, 0.3) is 5.56 Å². The van der Waals surface area contributed by atoms with Crippen LogP contribution in [0.3, 0.4) is 0 Å². The molecule has 24 heavy (non-hydrogen) atoms. The van der Waals surface area contributed by atoms with Gasteiger partial charge in [0.15, 0.2) is 4.83 Å². The molecule has 1 amide bonds. The predicted octanol–water partition coefficient (Wildman–Crippen LogP) is 2.38. The number of aromatic nitrogens is 3. The summed E-state index contributed by atoms with van der Waals surface area (Å²) in [5, 5.41) is 20.4. The summed E-state index contributed by atoms with van der Waals surface area (Å²) in [5.74, 6) is -0.280. The van der Waals surface area contributed by atoms with Crippen LogP contribution in [0, 0.1) is 13.8 Å². The Kier molecular flexibility index (Phi) is 4.06. The number of benzene rings is 1. The normalized spacial score (nSPS) is 12.3. The lowest BCUT2D eigenvalue weighted by atomic mass is 10.2. The van der Waals surface area contributed by atoms with E-state index in [9.17, 15) is 14.7 Å². The summed E-state index contributed by atoms with van der Waals surface area (Å²) in [5.41, 5.74) is 1.07. The predicted molar refractivity (Wildman–Crippen MR) is 92.6 cm³/mol. The van der Waals surface area contributed by atoms with E-state index in [0.29, 0.717) is 15.9 Å². The highest BCUT2D eigenvalue weighted by Gasteiger charge is 2.21. The summed E-state index contributed by atoms with van der Waals surface area (Å²) in [6, 6.07) is 5.27. The van der Waals surface area contributed by atoms with E-state index >= 15 is 0 Å². The van der Waals surface area contributed by atoms with Crippen LogP contribution in [0.2, 0.25) is 0 Å². The number of phenolic OH excluding ortho intramolecular Hbond substituents is 1. The number of nitrogens with one attached hydrogen (secondary N) is 1. The third kappa shape index (κ3) is 2.76. The number of aromatic hydroxyl groups is 1. The van der Waals surface area contributed by atoms with Gasteiger partial charge in [0, 0.05) is 10.6 Å². The Labute approximate surface area is 141 Å². The van der Waals surface area contributed by atoms with Crippen LogP contribution in [0.4, 0.5) is 5.69 Å². The quantitative estimate of drug-likeness (QED) is 0.711. The maximum absolute atomic E-state index is 12.7. The average molecular weight is 344 g/mol. The molecule has 2 aromatic heterocycles. The molecule has 2 N–H and O–H groups in total. The lowest BCUT2D eigenvalue weighted by Crippen LogP contribution is -2.34. The van der Waals surface area contributed by atoms with E-state index < -0.39 is 6.04 Å². The highest BCUT2D eigenvalue weighted by Crippen LogP contribution is 2.25. The molecule has 0 aliphatic carbocycles. The summed E-state index contributed by atoms with van der Waals surface area (Å²) >= 11 is 1.41. The minimum absolute atomic E-state index is 0.108. The lowest BCUT2D eigenvalue weighted by Gasteiger charge is -2.13. The SMILES string of the molecule is Cc1sc2nnn(C(C)C(=O)Nc3ccc(O)cc3)c(=O)c2c1C. The largest absolute Gasteiger partial charge is 0.508 e. The van der Waals surface area contributed by atoms with E-state index in [0.717, 1.165) is 15.1 Å². The number of hydrogen-bond donors (Lipinski definition) is 2. The van der Waals surface area contributed by atoms with Crippen molar-refractivity contribution in [2.24, 2.45) is 0 Å². The molecule has 0 aliphatic heterocycles. The van der Waals surface area contributed by atoms with E-state index in [4.69, 9.17) is 0 Å². The Hall–Kier alpha value is -2.74. The molecular formula is C16H16N4O3S. The van der Waals surface area contributed by atoms with E-state index in [1.54, 1.807) is 19.1 Å². The molecule has 1 aromatic carbocycles. The summed E-state index contributed by atoms with van der Waals surface area (Å²) < 4.78 is 1.09. The fraction of sp³-hybridized carbons (Fsp3) is 0.250. The van der Waals surface area contributed by atoms with Gasteiger partial charge in [-0.1, -0.05) is 5.21 Å². The van der Waals surface area contributed by atoms with Crippen molar-refractivity contribution in [3.63, 3.8) is 0 Å². The van der Waals surface area contributed by atoms with Crippen molar-refractivity contribution in [3.8, 4) is 5.75 Å². The van der Waals surface area contributed by atoms with Gasteiger partial charge in [-0.2, -0.15) is 4.68 Å². The maximum Gasteiger partial charge on any atom is 0.279 e. The van der Waals surface area contributed by atoms with Crippen molar-refractivity contribution in [3.05, 3.63) is 45.1 Å². The van der Waals surface area contributed by atoms with Crippen LogP contribution in [0.5, 0.6) is 5.75 Å². The molecule has 7 nitrogen and oxygen atoms in total. The topological polar surface area (TPSA) is 97.1 Å². The summed E-state index contributed by atoms with van der Waals surface area (Å²) in [4.78, 5) is 26.6. The molecule has 0 spiro atoms. The lowest BCUT2D eigenvalue weighted by molar-refractivity contribution is -0.119. The third-order valence-corrected chi connectivity index (χ3v) is 4.99. The highest BCUT2D eigenvalue weighted by molar-refractivity contribution is 7.18. The van der Waals surface area contributed by atoms with Gasteiger partial charge in [0.05, 0.1) is 5.39 Å². The maximum atomic E-state index is 12.7. The number of anilines is 1. The van der Waals surface area contributed by atoms with Crippen molar-refractivity contribution in [1.82, 2.24) is 15.0 Å². The van der Waals surface area contributed by atoms with E-state index in [2.05, 4.69) is 15.6 Å². The zero-order valence-electron chi connectivity index (χ0n) is 13.4. The first-order valence-corrected chi connectivity index (χ1v) is 8.15. The number of thiophene rings is 1. The molecule has 8 heteroatoms. The molecule has 3 aromatic rings. The molecule has 2 heterocycles. The number of aryl methyl sites for hydroxylation is 2. The first-order valence-electron chi connectivity index (χ1n) is 7.33. The van der Waals surface area contributed by atoms with Gasteiger partial charge in [0.1, 0.15) is 11.8 Å². The molecule has 0 radical (unpaired) electrons. The zero-order valence-corrected chi connectivity index (χ0v) is 14.2. The first-order chi connectivity index (χ1) is 11.4. The first kappa shape index (κ1) is 16.1. The van der Waals surface area contributed by atoms with E-state index in [1.807, 2.05) is 13.8 Å². The molecule has 1 unspecified atom stereocenters. The van der Waals surface area contributed by atoms with Crippen LogP contribution in [-0.2, 0) is 4.79 Å². The van der Waals surface area contributed by atoms with Crippen LogP contribution in [0.1, 0.15) is 23.4 Å². The minimum atomic E-state index is -0.817.